The maximum Gasteiger partial charge on any atom is 0.253 e. The SMILES string of the molecule is Cc1cncc(C(=O)N[C@H]2CC[C@H]3C(Cc4cccc(-c5ccccc5C)c4)CC[C@@H]23)c1. The zero-order valence-electron chi connectivity index (χ0n) is 19.1. The van der Waals surface area contributed by atoms with Crippen LogP contribution in [-0.4, -0.2) is 16.9 Å². The van der Waals surface area contributed by atoms with Crippen LogP contribution in [0.25, 0.3) is 11.1 Å². The summed E-state index contributed by atoms with van der Waals surface area (Å²) in [5, 5.41) is 3.34. The average molecular weight is 425 g/mol. The van der Waals surface area contributed by atoms with Gasteiger partial charge < -0.3 is 5.32 Å². The lowest BCUT2D eigenvalue weighted by atomic mass is 9.86. The lowest BCUT2D eigenvalue weighted by Gasteiger charge is -2.22. The van der Waals surface area contributed by atoms with Gasteiger partial charge in [0.25, 0.3) is 5.91 Å². The summed E-state index contributed by atoms with van der Waals surface area (Å²) in [5.74, 6) is 2.08. The Morgan fingerprint density at radius 2 is 1.78 bits per heavy atom. The second-order valence-electron chi connectivity index (χ2n) is 9.79. The third kappa shape index (κ3) is 4.21. The van der Waals surface area contributed by atoms with Gasteiger partial charge in [-0.05, 0) is 97.6 Å². The van der Waals surface area contributed by atoms with Crippen LogP contribution in [0.1, 0.15) is 52.7 Å². The van der Waals surface area contributed by atoms with Crippen molar-refractivity contribution in [1.82, 2.24) is 10.3 Å². The summed E-state index contributed by atoms with van der Waals surface area (Å²) < 4.78 is 0. The number of pyridine rings is 1. The molecule has 2 aromatic carbocycles. The molecule has 1 unspecified atom stereocenters. The van der Waals surface area contributed by atoms with E-state index in [2.05, 4.69) is 65.8 Å². The number of aromatic nitrogens is 1. The summed E-state index contributed by atoms with van der Waals surface area (Å²) in [7, 11) is 0. The van der Waals surface area contributed by atoms with Crippen LogP contribution >= 0.6 is 0 Å². The van der Waals surface area contributed by atoms with Crippen LogP contribution in [-0.2, 0) is 6.42 Å². The number of hydrogen-bond donors (Lipinski definition) is 1. The molecule has 0 bridgehead atoms. The maximum atomic E-state index is 12.8. The van der Waals surface area contributed by atoms with E-state index in [-0.39, 0.29) is 5.91 Å². The molecule has 2 aliphatic carbocycles. The first-order valence-electron chi connectivity index (χ1n) is 12.0. The van der Waals surface area contributed by atoms with Crippen LogP contribution in [0.4, 0.5) is 0 Å². The topological polar surface area (TPSA) is 42.0 Å². The first kappa shape index (κ1) is 20.9. The Morgan fingerprint density at radius 1 is 0.938 bits per heavy atom. The highest BCUT2D eigenvalue weighted by molar-refractivity contribution is 5.94. The number of amides is 1. The van der Waals surface area contributed by atoms with Gasteiger partial charge in [-0.1, -0.05) is 48.5 Å². The molecule has 164 valence electrons. The van der Waals surface area contributed by atoms with Gasteiger partial charge in [-0.3, -0.25) is 9.78 Å². The number of aryl methyl sites for hydroxylation is 2. The first-order valence-corrected chi connectivity index (χ1v) is 12.0. The van der Waals surface area contributed by atoms with Gasteiger partial charge in [0, 0.05) is 18.4 Å². The summed E-state index contributed by atoms with van der Waals surface area (Å²) in [5.41, 5.74) is 7.11. The number of carbonyl (C=O) groups excluding carboxylic acids is 1. The summed E-state index contributed by atoms with van der Waals surface area (Å²) >= 11 is 0. The highest BCUT2D eigenvalue weighted by Gasteiger charge is 2.45. The molecular formula is C29H32N2O. The molecule has 1 N–H and O–H groups in total. The van der Waals surface area contributed by atoms with Crippen LogP contribution < -0.4 is 5.32 Å². The van der Waals surface area contributed by atoms with E-state index in [9.17, 15) is 4.79 Å². The maximum absolute atomic E-state index is 12.8. The van der Waals surface area contributed by atoms with Gasteiger partial charge in [-0.2, -0.15) is 0 Å². The quantitative estimate of drug-likeness (QED) is 0.534. The van der Waals surface area contributed by atoms with E-state index in [0.29, 0.717) is 17.5 Å². The normalized spacial score (nSPS) is 24.3. The van der Waals surface area contributed by atoms with Crippen molar-refractivity contribution in [3.63, 3.8) is 0 Å². The number of nitrogens with one attached hydrogen (secondary N) is 1. The largest absolute Gasteiger partial charge is 0.349 e. The minimum atomic E-state index is 0.0289. The van der Waals surface area contributed by atoms with Crippen LogP contribution in [0.15, 0.2) is 67.0 Å². The zero-order valence-corrected chi connectivity index (χ0v) is 19.1. The molecule has 0 spiro atoms. The summed E-state index contributed by atoms with van der Waals surface area (Å²) in [4.78, 5) is 16.9. The Balaban J connectivity index is 1.25. The second-order valence-corrected chi connectivity index (χ2v) is 9.79. The molecule has 2 aliphatic rings. The molecule has 3 nitrogen and oxygen atoms in total. The Labute approximate surface area is 191 Å². The molecule has 1 heterocycles. The van der Waals surface area contributed by atoms with Crippen molar-refractivity contribution < 1.29 is 4.79 Å². The number of rotatable bonds is 5. The van der Waals surface area contributed by atoms with Crippen LogP contribution in [0.5, 0.6) is 0 Å². The predicted octanol–water partition coefficient (Wildman–Crippen LogP) is 6.14. The van der Waals surface area contributed by atoms with Gasteiger partial charge in [0.05, 0.1) is 5.56 Å². The Morgan fingerprint density at radius 3 is 2.62 bits per heavy atom. The minimum Gasteiger partial charge on any atom is -0.349 e. The fourth-order valence-corrected chi connectivity index (χ4v) is 6.15. The van der Waals surface area contributed by atoms with Crippen LogP contribution in [0.2, 0.25) is 0 Å². The summed E-state index contributed by atoms with van der Waals surface area (Å²) in [6.45, 7) is 4.16. The van der Waals surface area contributed by atoms with Crippen molar-refractivity contribution in [2.45, 2.75) is 52.0 Å². The Bertz CT molecular complexity index is 1120. The summed E-state index contributed by atoms with van der Waals surface area (Å²) in [6.07, 6.45) is 9.42. The van der Waals surface area contributed by atoms with Crippen molar-refractivity contribution in [1.29, 1.82) is 0 Å². The predicted molar refractivity (Wildman–Crippen MR) is 129 cm³/mol. The molecule has 1 amide bonds. The Hall–Kier alpha value is -2.94. The van der Waals surface area contributed by atoms with Gasteiger partial charge in [0.2, 0.25) is 0 Å². The molecule has 0 radical (unpaired) electrons. The Kier molecular flexibility index (Phi) is 5.82. The lowest BCUT2D eigenvalue weighted by molar-refractivity contribution is 0.0925. The van der Waals surface area contributed by atoms with E-state index in [0.717, 1.165) is 30.2 Å². The fourth-order valence-electron chi connectivity index (χ4n) is 6.15. The van der Waals surface area contributed by atoms with E-state index in [1.807, 2.05) is 13.0 Å². The smallest absolute Gasteiger partial charge is 0.253 e. The fraction of sp³-hybridized carbons (Fsp3) is 0.379. The van der Waals surface area contributed by atoms with E-state index < -0.39 is 0 Å². The number of nitrogens with zero attached hydrogens (tertiary/aromatic N) is 1. The molecule has 1 aromatic heterocycles. The monoisotopic (exact) mass is 424 g/mol. The minimum absolute atomic E-state index is 0.0289. The third-order valence-corrected chi connectivity index (χ3v) is 7.69. The van der Waals surface area contributed by atoms with Crippen LogP contribution in [0.3, 0.4) is 0 Å². The van der Waals surface area contributed by atoms with Crippen molar-refractivity contribution in [2.75, 3.05) is 0 Å². The number of benzene rings is 2. The standard InChI is InChI=1S/C29H32N2O/c1-19-14-24(18-30-17-19)29(32)31-28-13-12-26-23(10-11-27(26)28)16-21-7-5-8-22(15-21)25-9-4-3-6-20(25)2/h3-9,14-15,17-18,23,26-28H,10-13,16H2,1-2H3,(H,31,32)/t23?,26-,27+,28-/m0/s1. The lowest BCUT2D eigenvalue weighted by Crippen LogP contribution is -2.37. The molecule has 5 rings (SSSR count). The van der Waals surface area contributed by atoms with Crippen molar-refractivity contribution in [3.8, 4) is 11.1 Å². The van der Waals surface area contributed by atoms with Crippen LogP contribution in [0, 0.1) is 31.6 Å². The first-order chi connectivity index (χ1) is 15.6. The van der Waals surface area contributed by atoms with Gasteiger partial charge in [0.1, 0.15) is 0 Å². The molecule has 2 fully saturated rings. The van der Waals surface area contributed by atoms with Gasteiger partial charge in [0.15, 0.2) is 0 Å². The van der Waals surface area contributed by atoms with E-state index >= 15 is 0 Å². The van der Waals surface area contributed by atoms with Crippen molar-refractivity contribution >= 4 is 5.91 Å². The summed E-state index contributed by atoms with van der Waals surface area (Å²) in [6, 6.07) is 20.0. The van der Waals surface area contributed by atoms with Crippen molar-refractivity contribution in [2.24, 2.45) is 17.8 Å². The highest BCUT2D eigenvalue weighted by Crippen LogP contribution is 2.49. The van der Waals surface area contributed by atoms with E-state index in [1.54, 1.807) is 12.4 Å². The zero-order chi connectivity index (χ0) is 22.1. The molecular weight excluding hydrogens is 392 g/mol. The molecule has 4 atom stereocenters. The molecule has 3 heteroatoms. The van der Waals surface area contributed by atoms with Gasteiger partial charge in [-0.25, -0.2) is 0 Å². The highest BCUT2D eigenvalue weighted by atomic mass is 16.1. The average Bonchev–Trinajstić information content (AvgIpc) is 3.38. The van der Waals surface area contributed by atoms with Gasteiger partial charge >= 0.3 is 0 Å². The van der Waals surface area contributed by atoms with E-state index in [1.165, 1.54) is 41.5 Å². The van der Waals surface area contributed by atoms with Crippen molar-refractivity contribution in [3.05, 3.63) is 89.2 Å². The van der Waals surface area contributed by atoms with E-state index in [4.69, 9.17) is 0 Å². The number of carbonyl (C=O) groups is 1. The third-order valence-electron chi connectivity index (χ3n) is 7.69. The second kappa shape index (κ2) is 8.90. The molecule has 2 saturated carbocycles. The molecule has 32 heavy (non-hydrogen) atoms. The molecule has 0 saturated heterocycles. The van der Waals surface area contributed by atoms with Gasteiger partial charge in [-0.15, -0.1) is 0 Å². The number of fused-ring (bicyclic) bond motifs is 1. The number of hydrogen-bond acceptors (Lipinski definition) is 2. The molecule has 0 aliphatic heterocycles. The molecule has 3 aromatic rings.